The van der Waals surface area contributed by atoms with Crippen LogP contribution >= 0.6 is 11.6 Å². The molecule has 2 fully saturated rings. The first-order valence-corrected chi connectivity index (χ1v) is 12.5. The second-order valence-electron chi connectivity index (χ2n) is 8.38. The van der Waals surface area contributed by atoms with Gasteiger partial charge in [0.2, 0.25) is 15.9 Å². The summed E-state index contributed by atoms with van der Waals surface area (Å²) < 4.78 is 27.3. The van der Waals surface area contributed by atoms with Gasteiger partial charge in [0.1, 0.15) is 11.4 Å². The highest BCUT2D eigenvalue weighted by molar-refractivity contribution is 7.89. The lowest BCUT2D eigenvalue weighted by atomic mass is 9.89. The van der Waals surface area contributed by atoms with Crippen molar-refractivity contribution in [3.8, 4) is 0 Å². The lowest BCUT2D eigenvalue weighted by molar-refractivity contribution is -0.132. The summed E-state index contributed by atoms with van der Waals surface area (Å²) in [5, 5.41) is 3.31. The molecule has 0 aromatic heterocycles. The number of aliphatic imine (C=N–C) groups is 1. The second-order valence-corrected chi connectivity index (χ2v) is 10.8. The van der Waals surface area contributed by atoms with E-state index in [2.05, 4.69) is 5.32 Å². The molecular formula is C21H27ClN4O4S. The Labute approximate surface area is 187 Å². The number of amidine groups is 1. The van der Waals surface area contributed by atoms with Crippen LogP contribution in [0.3, 0.4) is 0 Å². The van der Waals surface area contributed by atoms with Crippen molar-refractivity contribution in [1.29, 1.82) is 0 Å². The first kappa shape index (κ1) is 22.2. The van der Waals surface area contributed by atoms with Crippen molar-refractivity contribution in [2.75, 3.05) is 26.2 Å². The summed E-state index contributed by atoms with van der Waals surface area (Å²) in [4.78, 5) is 31.7. The Balaban J connectivity index is 1.47. The number of likely N-dealkylation sites (tertiary alicyclic amines) is 1. The molecule has 1 spiro atoms. The molecule has 2 amide bonds. The summed E-state index contributed by atoms with van der Waals surface area (Å²) in [7, 11) is -3.68. The van der Waals surface area contributed by atoms with E-state index < -0.39 is 15.6 Å². The van der Waals surface area contributed by atoms with E-state index in [1.165, 1.54) is 16.4 Å². The van der Waals surface area contributed by atoms with Crippen molar-refractivity contribution in [3.05, 3.63) is 29.3 Å². The molecule has 0 saturated carbocycles. The number of carbonyl (C=O) groups excluding carboxylic acids is 2. The van der Waals surface area contributed by atoms with E-state index in [1.54, 1.807) is 12.1 Å². The third-order valence-electron chi connectivity index (χ3n) is 6.45. The summed E-state index contributed by atoms with van der Waals surface area (Å²) in [5.41, 5.74) is -0.924. The van der Waals surface area contributed by atoms with E-state index in [9.17, 15) is 18.0 Å². The Morgan fingerprint density at radius 1 is 1.29 bits per heavy atom. The number of carbonyl (C=O) groups is 2. The molecule has 1 aromatic rings. The van der Waals surface area contributed by atoms with Gasteiger partial charge in [-0.3, -0.25) is 14.6 Å². The fourth-order valence-corrected chi connectivity index (χ4v) is 6.34. The van der Waals surface area contributed by atoms with Crippen molar-refractivity contribution < 1.29 is 18.0 Å². The van der Waals surface area contributed by atoms with Crippen LogP contribution in [-0.2, 0) is 19.6 Å². The molecule has 3 aliphatic heterocycles. The topological polar surface area (TPSA) is 99.2 Å². The largest absolute Gasteiger partial charge is 0.342 e. The van der Waals surface area contributed by atoms with E-state index in [-0.39, 0.29) is 35.7 Å². The Morgan fingerprint density at radius 3 is 2.71 bits per heavy atom. The molecule has 8 nitrogen and oxygen atoms in total. The maximum Gasteiger partial charge on any atom is 0.253 e. The van der Waals surface area contributed by atoms with Crippen LogP contribution in [0.1, 0.15) is 39.0 Å². The van der Waals surface area contributed by atoms with Gasteiger partial charge in [-0.05, 0) is 43.9 Å². The average Bonchev–Trinajstić information content (AvgIpc) is 3.09. The number of amides is 2. The number of benzene rings is 1. The van der Waals surface area contributed by atoms with Gasteiger partial charge < -0.3 is 10.2 Å². The van der Waals surface area contributed by atoms with Crippen LogP contribution < -0.4 is 5.32 Å². The van der Waals surface area contributed by atoms with Crippen molar-refractivity contribution in [3.63, 3.8) is 0 Å². The van der Waals surface area contributed by atoms with Gasteiger partial charge in [-0.1, -0.05) is 24.6 Å². The van der Waals surface area contributed by atoms with Gasteiger partial charge in [-0.25, -0.2) is 8.42 Å². The van der Waals surface area contributed by atoms with Gasteiger partial charge in [0.25, 0.3) is 5.91 Å². The molecule has 1 atom stereocenters. The predicted octanol–water partition coefficient (Wildman–Crippen LogP) is 2.04. The molecule has 168 valence electrons. The van der Waals surface area contributed by atoms with Gasteiger partial charge in [-0.15, -0.1) is 0 Å². The van der Waals surface area contributed by atoms with E-state index in [4.69, 9.17) is 16.6 Å². The Morgan fingerprint density at radius 2 is 2.03 bits per heavy atom. The number of hydrogen-bond acceptors (Lipinski definition) is 5. The molecule has 1 unspecified atom stereocenters. The number of sulfonamides is 1. The van der Waals surface area contributed by atoms with Gasteiger partial charge in [-0.2, -0.15) is 4.31 Å². The molecule has 1 N–H and O–H groups in total. The molecule has 0 bridgehead atoms. The Hall–Kier alpha value is -1.97. The van der Waals surface area contributed by atoms with Crippen LogP contribution in [-0.4, -0.2) is 67.0 Å². The molecule has 2 saturated heterocycles. The number of halogens is 1. The van der Waals surface area contributed by atoms with Crippen LogP contribution in [0.25, 0.3) is 0 Å². The highest BCUT2D eigenvalue weighted by Crippen LogP contribution is 2.34. The van der Waals surface area contributed by atoms with Crippen LogP contribution in [0.15, 0.2) is 34.2 Å². The predicted molar refractivity (Wildman–Crippen MR) is 117 cm³/mol. The van der Waals surface area contributed by atoms with Crippen molar-refractivity contribution in [2.45, 2.75) is 49.5 Å². The van der Waals surface area contributed by atoms with Crippen molar-refractivity contribution in [1.82, 2.24) is 14.5 Å². The molecule has 3 heterocycles. The maximum atomic E-state index is 13.0. The Bertz CT molecular complexity index is 1020. The maximum absolute atomic E-state index is 13.0. The normalized spacial score (nSPS) is 24.2. The van der Waals surface area contributed by atoms with Crippen LogP contribution in [0.4, 0.5) is 0 Å². The molecule has 0 radical (unpaired) electrons. The van der Waals surface area contributed by atoms with Crippen molar-refractivity contribution in [2.24, 2.45) is 10.9 Å². The second kappa shape index (κ2) is 8.52. The van der Waals surface area contributed by atoms with Crippen LogP contribution in [0.5, 0.6) is 0 Å². The number of nitrogens with one attached hydrogen (secondary N) is 1. The van der Waals surface area contributed by atoms with Gasteiger partial charge in [0, 0.05) is 43.5 Å². The van der Waals surface area contributed by atoms with E-state index in [0.717, 1.165) is 19.4 Å². The number of rotatable bonds is 4. The van der Waals surface area contributed by atoms with Crippen molar-refractivity contribution >= 4 is 39.3 Å². The zero-order valence-corrected chi connectivity index (χ0v) is 19.1. The molecule has 0 aliphatic carbocycles. The lowest BCUT2D eigenvalue weighted by Gasteiger charge is -2.35. The summed E-state index contributed by atoms with van der Waals surface area (Å²) >= 11 is 5.96. The van der Waals surface area contributed by atoms with E-state index in [1.807, 2.05) is 11.8 Å². The van der Waals surface area contributed by atoms with E-state index in [0.29, 0.717) is 36.7 Å². The standard InChI is InChI=1S/C21H27ClN4O4S/c1-2-18(27)25-10-4-5-15(14-25)19-23-20(28)21(24-19)8-11-26(12-9-21)31(29,30)17-7-3-6-16(22)13-17/h3,6-7,13,15H,2,4-5,8-12,14H2,1H3,(H,23,24,28). The van der Waals surface area contributed by atoms with Crippen LogP contribution in [0, 0.1) is 5.92 Å². The minimum atomic E-state index is -3.68. The summed E-state index contributed by atoms with van der Waals surface area (Å²) in [6.07, 6.45) is 2.87. The molecule has 3 aliphatic rings. The number of nitrogens with zero attached hydrogens (tertiary/aromatic N) is 3. The molecule has 4 rings (SSSR count). The average molecular weight is 467 g/mol. The summed E-state index contributed by atoms with van der Waals surface area (Å²) in [6.45, 7) is 3.58. The van der Waals surface area contributed by atoms with Gasteiger partial charge in [0.05, 0.1) is 4.90 Å². The zero-order chi connectivity index (χ0) is 22.2. The van der Waals surface area contributed by atoms with Gasteiger partial charge >= 0.3 is 0 Å². The first-order chi connectivity index (χ1) is 14.7. The summed E-state index contributed by atoms with van der Waals surface area (Å²) in [6, 6.07) is 6.20. The highest BCUT2D eigenvalue weighted by atomic mass is 35.5. The smallest absolute Gasteiger partial charge is 0.253 e. The van der Waals surface area contributed by atoms with Crippen LogP contribution in [0.2, 0.25) is 5.02 Å². The monoisotopic (exact) mass is 466 g/mol. The fraction of sp³-hybridized carbons (Fsp3) is 0.571. The summed E-state index contributed by atoms with van der Waals surface area (Å²) in [5.74, 6) is 0.607. The third-order valence-corrected chi connectivity index (χ3v) is 8.58. The number of piperidine rings is 2. The third kappa shape index (κ3) is 4.23. The molecule has 1 aromatic carbocycles. The van der Waals surface area contributed by atoms with Gasteiger partial charge in [0.15, 0.2) is 0 Å². The highest BCUT2D eigenvalue weighted by Gasteiger charge is 2.48. The first-order valence-electron chi connectivity index (χ1n) is 10.7. The zero-order valence-electron chi connectivity index (χ0n) is 17.5. The molecular weight excluding hydrogens is 440 g/mol. The number of hydrogen-bond donors (Lipinski definition) is 1. The lowest BCUT2D eigenvalue weighted by Crippen LogP contribution is -2.50. The minimum absolute atomic E-state index is 0.0146. The van der Waals surface area contributed by atoms with E-state index >= 15 is 0 Å². The minimum Gasteiger partial charge on any atom is -0.342 e. The fourth-order valence-electron chi connectivity index (χ4n) is 4.60. The molecule has 31 heavy (non-hydrogen) atoms. The SMILES string of the molecule is CCC(=O)N1CCCC(C2=NC3(CCN(S(=O)(=O)c4cccc(Cl)c4)CC3)C(=O)N2)C1. The Kier molecular flexibility index (Phi) is 6.11. The molecule has 10 heteroatoms. The quantitative estimate of drug-likeness (QED) is 0.733.